The first-order valence-corrected chi connectivity index (χ1v) is 9.46. The average molecular weight is 387 g/mol. The van der Waals surface area contributed by atoms with Crippen LogP contribution in [0.4, 0.5) is 10.5 Å². The second kappa shape index (κ2) is 8.91. The number of anilines is 1. The molecule has 1 heterocycles. The number of amides is 3. The van der Waals surface area contributed by atoms with E-state index in [0.717, 1.165) is 0 Å². The van der Waals surface area contributed by atoms with E-state index < -0.39 is 12.0 Å². The molecule has 0 radical (unpaired) electrons. The smallest absolute Gasteiger partial charge is 0.338 e. The van der Waals surface area contributed by atoms with Crippen molar-refractivity contribution in [1.82, 2.24) is 10.2 Å². The van der Waals surface area contributed by atoms with Crippen LogP contribution in [0.3, 0.4) is 0 Å². The molecule has 0 saturated carbocycles. The topological polar surface area (TPSA) is 87.7 Å². The summed E-state index contributed by atoms with van der Waals surface area (Å²) in [6.45, 7) is 9.23. The minimum Gasteiger partial charge on any atom is -0.459 e. The summed E-state index contributed by atoms with van der Waals surface area (Å²) in [6, 6.07) is 6.18. The Morgan fingerprint density at radius 3 is 2.54 bits per heavy atom. The summed E-state index contributed by atoms with van der Waals surface area (Å²) >= 11 is 0. The average Bonchev–Trinajstić information content (AvgIpc) is 2.58. The summed E-state index contributed by atoms with van der Waals surface area (Å²) in [4.78, 5) is 38.5. The SMILES string of the molecule is CC1=C(C(=O)OC(C)C)C(c2cccc(NC(=O)CC(C)C)c2)NC(=O)N1C. The monoisotopic (exact) mass is 387 g/mol. The molecule has 7 nitrogen and oxygen atoms in total. The fourth-order valence-corrected chi connectivity index (χ4v) is 3.01. The molecule has 0 saturated heterocycles. The molecular formula is C21H29N3O4. The van der Waals surface area contributed by atoms with Gasteiger partial charge in [0.15, 0.2) is 0 Å². The Kier molecular flexibility index (Phi) is 6.83. The molecule has 1 aliphatic heterocycles. The van der Waals surface area contributed by atoms with Gasteiger partial charge in [-0.05, 0) is 44.4 Å². The molecule has 2 rings (SSSR count). The van der Waals surface area contributed by atoms with Gasteiger partial charge in [0.1, 0.15) is 0 Å². The summed E-state index contributed by atoms with van der Waals surface area (Å²) in [5, 5.41) is 5.71. The molecule has 28 heavy (non-hydrogen) atoms. The van der Waals surface area contributed by atoms with E-state index in [1.54, 1.807) is 46.0 Å². The highest BCUT2D eigenvalue weighted by molar-refractivity contribution is 5.95. The van der Waals surface area contributed by atoms with Crippen molar-refractivity contribution < 1.29 is 19.1 Å². The number of hydrogen-bond donors (Lipinski definition) is 2. The predicted octanol–water partition coefficient (Wildman–Crippen LogP) is 3.59. The van der Waals surface area contributed by atoms with Crippen LogP contribution in [0, 0.1) is 5.92 Å². The lowest BCUT2D eigenvalue weighted by Gasteiger charge is -2.33. The highest BCUT2D eigenvalue weighted by atomic mass is 16.5. The molecule has 152 valence electrons. The van der Waals surface area contributed by atoms with Crippen LogP contribution in [-0.4, -0.2) is 36.0 Å². The number of rotatable bonds is 6. The molecule has 1 unspecified atom stereocenters. The summed E-state index contributed by atoms with van der Waals surface area (Å²) in [6.07, 6.45) is 0.137. The van der Waals surface area contributed by atoms with Crippen molar-refractivity contribution in [2.45, 2.75) is 53.2 Å². The van der Waals surface area contributed by atoms with Crippen molar-refractivity contribution >= 4 is 23.6 Å². The van der Waals surface area contributed by atoms with Gasteiger partial charge in [-0.2, -0.15) is 0 Å². The number of esters is 1. The number of ether oxygens (including phenoxy) is 1. The predicted molar refractivity (Wildman–Crippen MR) is 107 cm³/mol. The molecule has 0 aliphatic carbocycles. The van der Waals surface area contributed by atoms with Gasteiger partial charge < -0.3 is 20.3 Å². The van der Waals surface area contributed by atoms with Crippen LogP contribution in [0.5, 0.6) is 0 Å². The molecule has 0 spiro atoms. The number of carbonyl (C=O) groups is 3. The van der Waals surface area contributed by atoms with Crippen LogP contribution < -0.4 is 10.6 Å². The standard InChI is InChI=1S/C21H29N3O4/c1-12(2)10-17(25)22-16-9-7-8-15(11-16)19-18(20(26)28-13(3)4)14(5)24(6)21(27)23-19/h7-9,11-13,19H,10H2,1-6H3,(H,22,25)(H,23,27). The second-order valence-corrected chi connectivity index (χ2v) is 7.67. The van der Waals surface area contributed by atoms with Gasteiger partial charge in [0.2, 0.25) is 5.91 Å². The maximum absolute atomic E-state index is 12.7. The lowest BCUT2D eigenvalue weighted by atomic mass is 9.94. The van der Waals surface area contributed by atoms with E-state index >= 15 is 0 Å². The number of nitrogens with one attached hydrogen (secondary N) is 2. The first-order chi connectivity index (χ1) is 13.1. The van der Waals surface area contributed by atoms with E-state index in [0.29, 0.717) is 28.9 Å². The molecule has 3 amide bonds. The molecule has 1 atom stereocenters. The van der Waals surface area contributed by atoms with Gasteiger partial charge in [-0.15, -0.1) is 0 Å². The normalized spacial score (nSPS) is 17.1. The van der Waals surface area contributed by atoms with Gasteiger partial charge in [-0.25, -0.2) is 9.59 Å². The van der Waals surface area contributed by atoms with E-state index in [2.05, 4.69) is 10.6 Å². The van der Waals surface area contributed by atoms with Crippen molar-refractivity contribution in [3.63, 3.8) is 0 Å². The minimum atomic E-state index is -0.656. The number of allylic oxidation sites excluding steroid dienone is 1. The van der Waals surface area contributed by atoms with Crippen molar-refractivity contribution in [3.05, 3.63) is 41.1 Å². The summed E-state index contributed by atoms with van der Waals surface area (Å²) in [5.41, 5.74) is 2.22. The van der Waals surface area contributed by atoms with E-state index in [-0.39, 0.29) is 24.0 Å². The van der Waals surface area contributed by atoms with Crippen LogP contribution >= 0.6 is 0 Å². The van der Waals surface area contributed by atoms with Crippen LogP contribution in [0.2, 0.25) is 0 Å². The first kappa shape index (κ1) is 21.5. The van der Waals surface area contributed by atoms with Gasteiger partial charge in [0.05, 0.1) is 17.7 Å². The lowest BCUT2D eigenvalue weighted by molar-refractivity contribution is -0.143. The Hall–Kier alpha value is -2.83. The zero-order valence-electron chi connectivity index (χ0n) is 17.3. The van der Waals surface area contributed by atoms with Gasteiger partial charge in [0.25, 0.3) is 0 Å². The van der Waals surface area contributed by atoms with E-state index in [1.807, 2.05) is 19.9 Å². The fraction of sp³-hybridized carbons (Fsp3) is 0.476. The largest absolute Gasteiger partial charge is 0.459 e. The van der Waals surface area contributed by atoms with Crippen molar-refractivity contribution in [2.24, 2.45) is 5.92 Å². The molecule has 0 fully saturated rings. The maximum Gasteiger partial charge on any atom is 0.338 e. The van der Waals surface area contributed by atoms with Crippen LogP contribution in [0.15, 0.2) is 35.5 Å². The minimum absolute atomic E-state index is 0.0780. The summed E-state index contributed by atoms with van der Waals surface area (Å²) < 4.78 is 5.39. The van der Waals surface area contributed by atoms with Gasteiger partial charge in [-0.3, -0.25) is 4.79 Å². The summed E-state index contributed by atoms with van der Waals surface area (Å²) in [7, 11) is 1.60. The van der Waals surface area contributed by atoms with Crippen molar-refractivity contribution in [1.29, 1.82) is 0 Å². The summed E-state index contributed by atoms with van der Waals surface area (Å²) in [5.74, 6) is -0.302. The zero-order chi connectivity index (χ0) is 21.0. The Labute approximate surface area is 166 Å². The number of carbonyl (C=O) groups excluding carboxylic acids is 3. The van der Waals surface area contributed by atoms with Crippen molar-refractivity contribution in [2.75, 3.05) is 12.4 Å². The van der Waals surface area contributed by atoms with E-state index in [4.69, 9.17) is 4.74 Å². The molecule has 7 heteroatoms. The Balaban J connectivity index is 2.38. The third kappa shape index (κ3) is 5.12. The number of urea groups is 1. The van der Waals surface area contributed by atoms with Crippen LogP contribution in [0.25, 0.3) is 0 Å². The van der Waals surface area contributed by atoms with Crippen LogP contribution in [0.1, 0.15) is 52.6 Å². The Bertz CT molecular complexity index is 799. The number of benzene rings is 1. The van der Waals surface area contributed by atoms with Gasteiger partial charge in [-0.1, -0.05) is 26.0 Å². The first-order valence-electron chi connectivity index (χ1n) is 9.46. The molecule has 2 N–H and O–H groups in total. The highest BCUT2D eigenvalue weighted by Crippen LogP contribution is 2.32. The quantitative estimate of drug-likeness (QED) is 0.730. The van der Waals surface area contributed by atoms with Crippen molar-refractivity contribution in [3.8, 4) is 0 Å². The third-order valence-electron chi connectivity index (χ3n) is 4.41. The molecular weight excluding hydrogens is 358 g/mol. The van der Waals surface area contributed by atoms with Crippen LogP contribution in [-0.2, 0) is 14.3 Å². The van der Waals surface area contributed by atoms with E-state index in [9.17, 15) is 14.4 Å². The second-order valence-electron chi connectivity index (χ2n) is 7.67. The Morgan fingerprint density at radius 2 is 1.93 bits per heavy atom. The van der Waals surface area contributed by atoms with E-state index in [1.165, 1.54) is 4.90 Å². The molecule has 0 bridgehead atoms. The molecule has 1 aliphatic rings. The maximum atomic E-state index is 12.7. The van der Waals surface area contributed by atoms with Gasteiger partial charge >= 0.3 is 12.0 Å². The number of hydrogen-bond acceptors (Lipinski definition) is 4. The number of nitrogens with zero attached hydrogens (tertiary/aromatic N) is 1. The third-order valence-corrected chi connectivity index (χ3v) is 4.41. The molecule has 1 aromatic carbocycles. The fourth-order valence-electron chi connectivity index (χ4n) is 3.01. The molecule has 0 aromatic heterocycles. The highest BCUT2D eigenvalue weighted by Gasteiger charge is 2.35. The molecule has 1 aromatic rings. The zero-order valence-corrected chi connectivity index (χ0v) is 17.3. The Morgan fingerprint density at radius 1 is 1.25 bits per heavy atom. The lowest BCUT2D eigenvalue weighted by Crippen LogP contribution is -2.46. The van der Waals surface area contributed by atoms with Gasteiger partial charge in [0, 0.05) is 24.9 Å².